The van der Waals surface area contributed by atoms with Crippen LogP contribution in [0.15, 0.2) is 18.2 Å². The van der Waals surface area contributed by atoms with Gasteiger partial charge in [-0.3, -0.25) is 14.9 Å². The summed E-state index contributed by atoms with van der Waals surface area (Å²) in [5.41, 5.74) is 0.0785. The van der Waals surface area contributed by atoms with E-state index in [0.717, 1.165) is 6.07 Å². The van der Waals surface area contributed by atoms with Crippen LogP contribution in [0.1, 0.15) is 10.4 Å². The Hall–Kier alpha value is -0.940. The molecule has 0 N–H and O–H groups in total. The maximum atomic E-state index is 10.8. The highest BCUT2D eigenvalue weighted by atomic mass is 79.9. The number of halogens is 2. The molecular weight excluding hydrogens is 261 g/mol. The van der Waals surface area contributed by atoms with Gasteiger partial charge >= 0.3 is 0 Å². The highest BCUT2D eigenvalue weighted by Crippen LogP contribution is 2.23. The highest BCUT2D eigenvalue weighted by molar-refractivity contribution is 9.18. The van der Waals surface area contributed by atoms with Crippen LogP contribution < -0.4 is 0 Å². The molecule has 1 aromatic rings. The molecule has 68 valence electrons. The number of hydrogen-bond acceptors (Lipinski definition) is 3. The summed E-state index contributed by atoms with van der Waals surface area (Å²) >= 11 is 8.31. The molecule has 0 aromatic heterocycles. The highest BCUT2D eigenvalue weighted by Gasteiger charge is 2.12. The van der Waals surface area contributed by atoms with E-state index in [2.05, 4.69) is 15.9 Å². The number of nitro groups is 1. The van der Waals surface area contributed by atoms with Crippen LogP contribution in [0.25, 0.3) is 0 Å². The van der Waals surface area contributed by atoms with Gasteiger partial charge in [0.05, 0.1) is 9.95 Å². The lowest BCUT2D eigenvalue weighted by molar-refractivity contribution is -0.384. The number of hydrogen-bond donors (Lipinski definition) is 0. The molecule has 0 spiro atoms. The molecule has 0 radical (unpaired) electrons. The molecule has 4 nitrogen and oxygen atoms in total. The first-order chi connectivity index (χ1) is 6.02. The van der Waals surface area contributed by atoms with Gasteiger partial charge in [0.2, 0.25) is 4.69 Å². The summed E-state index contributed by atoms with van der Waals surface area (Å²) in [6.45, 7) is 0. The van der Waals surface area contributed by atoms with Crippen molar-refractivity contribution < 1.29 is 9.72 Å². The fourth-order valence-corrected chi connectivity index (χ4v) is 1.50. The first-order valence-corrected chi connectivity index (χ1v) is 4.33. The van der Waals surface area contributed by atoms with Crippen LogP contribution in [0.3, 0.4) is 0 Å². The maximum absolute atomic E-state index is 10.8. The van der Waals surface area contributed by atoms with E-state index >= 15 is 0 Å². The average molecular weight is 264 g/mol. The van der Waals surface area contributed by atoms with Gasteiger partial charge in [0.1, 0.15) is 0 Å². The molecule has 0 aliphatic carbocycles. The van der Waals surface area contributed by atoms with Crippen molar-refractivity contribution >= 4 is 37.9 Å². The van der Waals surface area contributed by atoms with Crippen molar-refractivity contribution in [3.05, 3.63) is 38.9 Å². The minimum Gasteiger partial charge on any atom is -0.281 e. The smallest absolute Gasteiger partial charge is 0.270 e. The zero-order valence-electron chi connectivity index (χ0n) is 6.16. The quantitative estimate of drug-likeness (QED) is 0.469. The van der Waals surface area contributed by atoms with Crippen molar-refractivity contribution in [2.45, 2.75) is 0 Å². The molecule has 0 unspecified atom stereocenters. The molecule has 0 saturated heterocycles. The number of benzene rings is 1. The monoisotopic (exact) mass is 263 g/mol. The third-order valence-corrected chi connectivity index (χ3v) is 2.12. The summed E-state index contributed by atoms with van der Waals surface area (Å²) in [5, 5.41) is 10.4. The van der Waals surface area contributed by atoms with Crippen LogP contribution in [-0.4, -0.2) is 9.62 Å². The summed E-state index contributed by atoms with van der Waals surface area (Å²) in [4.78, 5) is 20.5. The van der Waals surface area contributed by atoms with E-state index in [0.29, 0.717) is 0 Å². The Morgan fingerprint density at radius 1 is 1.54 bits per heavy atom. The zero-order valence-corrected chi connectivity index (χ0v) is 8.50. The molecule has 0 bridgehead atoms. The molecule has 0 saturated carbocycles. The molecule has 0 heterocycles. The predicted octanol–water partition coefficient (Wildman–Crippen LogP) is 2.78. The fraction of sp³-hybridized carbons (Fsp3) is 0. The van der Waals surface area contributed by atoms with Gasteiger partial charge < -0.3 is 0 Å². The van der Waals surface area contributed by atoms with E-state index in [9.17, 15) is 14.9 Å². The number of carbonyl (C=O) groups excluding carboxylic acids is 1. The normalized spacial score (nSPS) is 9.69. The van der Waals surface area contributed by atoms with E-state index < -0.39 is 9.62 Å². The third kappa shape index (κ3) is 2.26. The number of rotatable bonds is 2. The Morgan fingerprint density at radius 2 is 2.15 bits per heavy atom. The lowest BCUT2D eigenvalue weighted by atomic mass is 10.2. The van der Waals surface area contributed by atoms with Gasteiger partial charge in [-0.05, 0) is 22.0 Å². The zero-order chi connectivity index (χ0) is 10.0. The largest absolute Gasteiger partial charge is 0.281 e. The Bertz CT molecular complexity index is 380. The predicted molar refractivity (Wildman–Crippen MR) is 51.4 cm³/mol. The molecular formula is C7H3BrClNO3. The first kappa shape index (κ1) is 10.1. The fourth-order valence-electron chi connectivity index (χ4n) is 0.777. The van der Waals surface area contributed by atoms with Gasteiger partial charge in [-0.25, -0.2) is 0 Å². The first-order valence-electron chi connectivity index (χ1n) is 3.16. The summed E-state index contributed by atoms with van der Waals surface area (Å²) in [6.07, 6.45) is 0. The van der Waals surface area contributed by atoms with Crippen molar-refractivity contribution in [2.24, 2.45) is 0 Å². The second-order valence-corrected chi connectivity index (χ2v) is 3.32. The van der Waals surface area contributed by atoms with Crippen LogP contribution in [0.5, 0.6) is 0 Å². The minimum absolute atomic E-state index is 0.0658. The Morgan fingerprint density at radius 3 is 2.54 bits per heavy atom. The molecule has 1 rings (SSSR count). The van der Waals surface area contributed by atoms with Crippen LogP contribution in [-0.2, 0) is 0 Å². The van der Waals surface area contributed by atoms with E-state index in [-0.39, 0.29) is 16.3 Å². The van der Waals surface area contributed by atoms with Gasteiger partial charge in [-0.15, -0.1) is 0 Å². The van der Waals surface area contributed by atoms with Gasteiger partial charge in [0.15, 0.2) is 0 Å². The van der Waals surface area contributed by atoms with Crippen molar-refractivity contribution in [2.75, 3.05) is 0 Å². The van der Waals surface area contributed by atoms with Crippen LogP contribution in [0, 0.1) is 10.1 Å². The Kier molecular flexibility index (Phi) is 3.00. The van der Waals surface area contributed by atoms with Crippen molar-refractivity contribution in [3.63, 3.8) is 0 Å². The number of nitrogens with zero attached hydrogens (tertiary/aromatic N) is 1. The maximum Gasteiger partial charge on any atom is 0.270 e. The third-order valence-electron chi connectivity index (χ3n) is 1.38. The van der Waals surface area contributed by atoms with Crippen molar-refractivity contribution in [1.82, 2.24) is 0 Å². The van der Waals surface area contributed by atoms with Gasteiger partial charge in [0, 0.05) is 17.7 Å². The lowest BCUT2D eigenvalue weighted by Crippen LogP contribution is -1.92. The van der Waals surface area contributed by atoms with Crippen LogP contribution in [0.2, 0.25) is 5.02 Å². The summed E-state index contributed by atoms with van der Waals surface area (Å²) in [6, 6.07) is 3.66. The lowest BCUT2D eigenvalue weighted by Gasteiger charge is -1.97. The molecule has 6 heteroatoms. The van der Waals surface area contributed by atoms with E-state index in [1.54, 1.807) is 0 Å². The molecule has 0 fully saturated rings. The average Bonchev–Trinajstić information content (AvgIpc) is 2.03. The molecule has 0 aliphatic heterocycles. The minimum atomic E-state index is -0.575. The Labute approximate surface area is 86.8 Å². The Balaban J connectivity index is 3.20. The van der Waals surface area contributed by atoms with Crippen LogP contribution >= 0.6 is 27.5 Å². The van der Waals surface area contributed by atoms with Gasteiger partial charge in [0.25, 0.3) is 5.69 Å². The summed E-state index contributed by atoms with van der Waals surface area (Å²) in [5.74, 6) is 0. The van der Waals surface area contributed by atoms with E-state index in [1.807, 2.05) is 0 Å². The van der Waals surface area contributed by atoms with E-state index in [1.165, 1.54) is 12.1 Å². The molecule has 0 amide bonds. The van der Waals surface area contributed by atoms with Crippen LogP contribution in [0.4, 0.5) is 5.69 Å². The molecule has 1 aromatic carbocycles. The second-order valence-electron chi connectivity index (χ2n) is 2.19. The van der Waals surface area contributed by atoms with E-state index in [4.69, 9.17) is 11.6 Å². The number of nitro benzene ring substituents is 1. The van der Waals surface area contributed by atoms with Crippen molar-refractivity contribution in [3.8, 4) is 0 Å². The topological polar surface area (TPSA) is 60.2 Å². The standard InChI is InChI=1S/C7H3BrClNO3/c8-7(11)5-2-1-4(10(12)13)3-6(5)9/h1-3H. The number of non-ortho nitro benzene ring substituents is 1. The SMILES string of the molecule is O=C(Br)c1ccc([N+](=O)[O-])cc1Cl. The van der Waals surface area contributed by atoms with Gasteiger partial charge in [-0.2, -0.15) is 0 Å². The molecule has 0 aliphatic rings. The molecule has 0 atom stereocenters. The van der Waals surface area contributed by atoms with Crippen molar-refractivity contribution in [1.29, 1.82) is 0 Å². The second kappa shape index (κ2) is 3.85. The number of carbonyl (C=O) groups is 1. The summed E-state index contributed by atoms with van der Waals surface area (Å²) < 4.78 is -0.396. The molecule has 13 heavy (non-hydrogen) atoms. The summed E-state index contributed by atoms with van der Waals surface area (Å²) in [7, 11) is 0. The van der Waals surface area contributed by atoms with Gasteiger partial charge in [-0.1, -0.05) is 11.6 Å².